The average Bonchev–Trinajstić information content (AvgIpc) is 2.12. The lowest BCUT2D eigenvalue weighted by Crippen LogP contribution is -2.54. The van der Waals surface area contributed by atoms with Crippen LogP contribution in [0.15, 0.2) is 0 Å². The molecular weight excluding hydrogens is 232 g/mol. The Morgan fingerprint density at radius 2 is 1.87 bits per heavy atom. The summed E-state index contributed by atoms with van der Waals surface area (Å²) in [4.78, 5) is 0. The molecule has 0 saturated carbocycles. The van der Waals surface area contributed by atoms with Crippen molar-refractivity contribution in [2.45, 2.75) is 24.4 Å². The fourth-order valence-electron chi connectivity index (χ4n) is 1.17. The van der Waals surface area contributed by atoms with Gasteiger partial charge in [0.1, 0.15) is 24.4 Å². The van der Waals surface area contributed by atoms with Crippen LogP contribution in [0.4, 0.5) is 0 Å². The van der Waals surface area contributed by atoms with Gasteiger partial charge in [-0.15, -0.1) is 0 Å². The minimum atomic E-state index is -4.61. The van der Waals surface area contributed by atoms with Gasteiger partial charge in [0, 0.05) is 0 Å². The van der Waals surface area contributed by atoms with Crippen molar-refractivity contribution in [3.8, 4) is 0 Å². The van der Waals surface area contributed by atoms with Crippen LogP contribution < -0.4 is 0 Å². The fourth-order valence-corrected chi connectivity index (χ4v) is 1.47. The van der Waals surface area contributed by atoms with Crippen LogP contribution in [0.3, 0.4) is 0 Å². The normalized spacial score (nSPS) is 37.9. The summed E-state index contributed by atoms with van der Waals surface area (Å²) in [7, 11) is -4.61. The van der Waals surface area contributed by atoms with Crippen molar-refractivity contribution in [2.75, 3.05) is 13.2 Å². The molecule has 90 valence electrons. The van der Waals surface area contributed by atoms with Gasteiger partial charge in [-0.2, -0.15) is 8.42 Å². The minimum absolute atomic E-state index is 0.252. The van der Waals surface area contributed by atoms with Crippen molar-refractivity contribution in [1.29, 1.82) is 0 Å². The maximum atomic E-state index is 10.2. The van der Waals surface area contributed by atoms with Crippen molar-refractivity contribution in [3.05, 3.63) is 0 Å². The van der Waals surface area contributed by atoms with Gasteiger partial charge in [0.05, 0.1) is 13.2 Å². The molecule has 0 unspecified atom stereocenters. The van der Waals surface area contributed by atoms with Crippen molar-refractivity contribution in [2.24, 2.45) is 0 Å². The Morgan fingerprint density at radius 1 is 1.27 bits per heavy atom. The van der Waals surface area contributed by atoms with Gasteiger partial charge < -0.3 is 20.1 Å². The molecule has 1 rings (SSSR count). The summed E-state index contributed by atoms with van der Waals surface area (Å²) in [6.07, 6.45) is -5.27. The van der Waals surface area contributed by atoms with Gasteiger partial charge in [-0.3, -0.25) is 4.55 Å². The Balaban J connectivity index is 2.50. The van der Waals surface area contributed by atoms with Crippen LogP contribution in [0.1, 0.15) is 0 Å². The Labute approximate surface area is 86.0 Å². The molecule has 4 atom stereocenters. The molecule has 1 fully saturated rings. The second-order valence-electron chi connectivity index (χ2n) is 3.13. The van der Waals surface area contributed by atoms with Crippen LogP contribution in [-0.2, 0) is 19.3 Å². The topological polar surface area (TPSA) is 134 Å². The Bertz CT molecular complexity index is 300. The number of hydrogen-bond donors (Lipinski definition) is 4. The third-order valence-corrected chi connectivity index (χ3v) is 2.42. The largest absolute Gasteiger partial charge is 0.397 e. The predicted molar refractivity (Wildman–Crippen MR) is 45.3 cm³/mol. The van der Waals surface area contributed by atoms with Crippen LogP contribution in [0, 0.1) is 0 Å². The van der Waals surface area contributed by atoms with Gasteiger partial charge in [-0.25, -0.2) is 4.18 Å². The molecule has 15 heavy (non-hydrogen) atoms. The van der Waals surface area contributed by atoms with Gasteiger partial charge in [0.15, 0.2) is 0 Å². The van der Waals surface area contributed by atoms with E-state index in [4.69, 9.17) is 14.4 Å². The number of aliphatic hydroxyl groups excluding tert-OH is 3. The molecule has 1 aliphatic heterocycles. The smallest absolute Gasteiger partial charge is 0.388 e. The zero-order valence-electron chi connectivity index (χ0n) is 7.55. The highest BCUT2D eigenvalue weighted by atomic mass is 32.3. The maximum absolute atomic E-state index is 10.2. The summed E-state index contributed by atoms with van der Waals surface area (Å²) in [5.74, 6) is 0. The lowest BCUT2D eigenvalue weighted by molar-refractivity contribution is -0.193. The van der Waals surface area contributed by atoms with Crippen molar-refractivity contribution in [1.82, 2.24) is 0 Å². The lowest BCUT2D eigenvalue weighted by atomic mass is 10.0. The van der Waals surface area contributed by atoms with Gasteiger partial charge in [-0.05, 0) is 0 Å². The van der Waals surface area contributed by atoms with Crippen LogP contribution in [0.2, 0.25) is 0 Å². The van der Waals surface area contributed by atoms with E-state index >= 15 is 0 Å². The molecule has 1 aliphatic rings. The first-order chi connectivity index (χ1) is 6.81. The summed E-state index contributed by atoms with van der Waals surface area (Å²) in [5.41, 5.74) is 0. The van der Waals surface area contributed by atoms with E-state index in [1.54, 1.807) is 0 Å². The molecule has 0 radical (unpaired) electrons. The minimum Gasteiger partial charge on any atom is -0.388 e. The highest BCUT2D eigenvalue weighted by molar-refractivity contribution is 7.80. The van der Waals surface area contributed by atoms with E-state index in [0.29, 0.717) is 0 Å². The van der Waals surface area contributed by atoms with E-state index in [9.17, 15) is 18.6 Å². The molecule has 0 aromatic carbocycles. The highest BCUT2D eigenvalue weighted by Gasteiger charge is 2.38. The van der Waals surface area contributed by atoms with Crippen LogP contribution in [0.25, 0.3) is 0 Å². The average molecular weight is 244 g/mol. The van der Waals surface area contributed by atoms with E-state index < -0.39 is 41.4 Å². The second-order valence-corrected chi connectivity index (χ2v) is 4.22. The summed E-state index contributed by atoms with van der Waals surface area (Å²) < 4.78 is 37.5. The third-order valence-electron chi connectivity index (χ3n) is 1.99. The first-order valence-corrected chi connectivity index (χ1v) is 5.45. The predicted octanol–water partition coefficient (Wildman–Crippen LogP) is -2.71. The molecule has 0 aromatic rings. The third kappa shape index (κ3) is 3.65. The fraction of sp³-hybridized carbons (Fsp3) is 1.00. The van der Waals surface area contributed by atoms with Gasteiger partial charge >= 0.3 is 10.4 Å². The summed E-state index contributed by atoms with van der Waals surface area (Å²) in [5, 5.41) is 27.6. The molecular formula is C6H12O8S. The van der Waals surface area contributed by atoms with Crippen LogP contribution in [0.5, 0.6) is 0 Å². The number of hydrogen-bond acceptors (Lipinski definition) is 7. The number of aliphatic hydroxyl groups is 3. The summed E-state index contributed by atoms with van der Waals surface area (Å²) in [6.45, 7) is -0.887. The SMILES string of the molecule is O=S(=O)(O)OC[C@H]1OC[C@H](O)[C@@H](O)[C@@H]1O. The van der Waals surface area contributed by atoms with Gasteiger partial charge in [0.2, 0.25) is 0 Å². The molecule has 0 amide bonds. The molecule has 0 bridgehead atoms. The quantitative estimate of drug-likeness (QED) is 0.394. The molecule has 0 spiro atoms. The van der Waals surface area contributed by atoms with E-state index in [0.717, 1.165) is 0 Å². The number of ether oxygens (including phenoxy) is 1. The molecule has 9 heteroatoms. The maximum Gasteiger partial charge on any atom is 0.397 e. The van der Waals surface area contributed by atoms with Gasteiger partial charge in [0.25, 0.3) is 0 Å². The Kier molecular flexibility index (Phi) is 4.00. The zero-order valence-corrected chi connectivity index (χ0v) is 8.37. The first-order valence-electron chi connectivity index (χ1n) is 4.09. The van der Waals surface area contributed by atoms with E-state index in [1.807, 2.05) is 0 Å². The lowest BCUT2D eigenvalue weighted by Gasteiger charge is -2.34. The number of rotatable bonds is 3. The Morgan fingerprint density at radius 3 is 2.40 bits per heavy atom. The van der Waals surface area contributed by atoms with E-state index in [2.05, 4.69) is 4.18 Å². The zero-order chi connectivity index (χ0) is 11.6. The van der Waals surface area contributed by atoms with Crippen molar-refractivity contribution >= 4 is 10.4 Å². The monoisotopic (exact) mass is 244 g/mol. The van der Waals surface area contributed by atoms with Crippen LogP contribution >= 0.6 is 0 Å². The Hall–Kier alpha value is -0.290. The molecule has 1 heterocycles. The molecule has 8 nitrogen and oxygen atoms in total. The molecule has 4 N–H and O–H groups in total. The first kappa shape index (κ1) is 12.8. The van der Waals surface area contributed by atoms with Crippen molar-refractivity contribution in [3.63, 3.8) is 0 Å². The highest BCUT2D eigenvalue weighted by Crippen LogP contribution is 2.16. The molecule has 0 aliphatic carbocycles. The summed E-state index contributed by atoms with van der Waals surface area (Å²) in [6, 6.07) is 0. The van der Waals surface area contributed by atoms with E-state index in [-0.39, 0.29) is 6.61 Å². The van der Waals surface area contributed by atoms with Crippen molar-refractivity contribution < 1.29 is 37.2 Å². The second kappa shape index (κ2) is 4.70. The molecule has 0 aromatic heterocycles. The standard InChI is InChI=1S/C6H12O8S/c7-3-1-13-4(6(9)5(3)8)2-14-15(10,11)12/h3-9H,1-2H2,(H,10,11,12)/t3-,4+,5+,6+/m0/s1. The summed E-state index contributed by atoms with van der Waals surface area (Å²) >= 11 is 0. The van der Waals surface area contributed by atoms with E-state index in [1.165, 1.54) is 0 Å². The van der Waals surface area contributed by atoms with Crippen LogP contribution in [-0.4, -0.2) is 65.9 Å². The van der Waals surface area contributed by atoms with Gasteiger partial charge in [-0.1, -0.05) is 0 Å². The molecule has 1 saturated heterocycles.